The molecule has 2 aliphatic heterocycles. The molecule has 1 atom stereocenters. The van der Waals surface area contributed by atoms with E-state index in [1.807, 2.05) is 30.3 Å². The Bertz CT molecular complexity index is 459. The molecule has 82 valence electrons. The van der Waals surface area contributed by atoms with Crippen LogP contribution >= 0.6 is 0 Å². The first-order valence-electron chi connectivity index (χ1n) is 5.59. The molecule has 1 amide bonds. The number of carbonyl (C=O) groups is 1. The predicted molar refractivity (Wildman–Crippen MR) is 62.0 cm³/mol. The van der Waals surface area contributed by atoms with Gasteiger partial charge in [-0.1, -0.05) is 18.2 Å². The lowest BCUT2D eigenvalue weighted by molar-refractivity contribution is -0.110. The number of ether oxygens (including phenoxy) is 1. The van der Waals surface area contributed by atoms with E-state index in [2.05, 4.69) is 5.32 Å². The van der Waals surface area contributed by atoms with Gasteiger partial charge >= 0.3 is 0 Å². The Hall–Kier alpha value is -1.61. The maximum Gasteiger partial charge on any atom is 0.256 e. The standard InChI is InChI=1S/C13H13NO2/c15-13-11(8-9-4-3-7-16-9)10-5-1-2-6-12(10)14-13/h1-2,5-6,8-9H,3-4,7H2,(H,14,15). The smallest absolute Gasteiger partial charge is 0.256 e. The van der Waals surface area contributed by atoms with Gasteiger partial charge in [0.05, 0.1) is 6.10 Å². The summed E-state index contributed by atoms with van der Waals surface area (Å²) >= 11 is 0. The number of fused-ring (bicyclic) bond motifs is 1. The van der Waals surface area contributed by atoms with Crippen LogP contribution in [0.3, 0.4) is 0 Å². The van der Waals surface area contributed by atoms with Crippen molar-refractivity contribution in [2.45, 2.75) is 18.9 Å². The van der Waals surface area contributed by atoms with E-state index in [4.69, 9.17) is 4.74 Å². The first-order chi connectivity index (χ1) is 7.84. The van der Waals surface area contributed by atoms with Crippen molar-refractivity contribution in [3.8, 4) is 0 Å². The van der Waals surface area contributed by atoms with E-state index in [9.17, 15) is 4.79 Å². The van der Waals surface area contributed by atoms with Gasteiger partial charge in [0.2, 0.25) is 0 Å². The van der Waals surface area contributed by atoms with E-state index >= 15 is 0 Å². The molecule has 3 heteroatoms. The zero-order valence-corrected chi connectivity index (χ0v) is 8.90. The summed E-state index contributed by atoms with van der Waals surface area (Å²) < 4.78 is 5.52. The minimum absolute atomic E-state index is 0.0169. The summed E-state index contributed by atoms with van der Waals surface area (Å²) in [7, 11) is 0. The molecular weight excluding hydrogens is 202 g/mol. The molecule has 1 N–H and O–H groups in total. The molecule has 1 unspecified atom stereocenters. The highest BCUT2D eigenvalue weighted by molar-refractivity contribution is 6.31. The molecule has 1 saturated heterocycles. The fourth-order valence-corrected chi connectivity index (χ4v) is 2.22. The summed E-state index contributed by atoms with van der Waals surface area (Å²) in [6.45, 7) is 0.803. The van der Waals surface area contributed by atoms with Crippen LogP contribution in [-0.4, -0.2) is 18.6 Å². The maximum atomic E-state index is 11.8. The van der Waals surface area contributed by atoms with Gasteiger partial charge in [0.15, 0.2) is 0 Å². The monoisotopic (exact) mass is 215 g/mol. The molecule has 3 nitrogen and oxygen atoms in total. The number of benzene rings is 1. The highest BCUT2D eigenvalue weighted by atomic mass is 16.5. The van der Waals surface area contributed by atoms with Gasteiger partial charge in [-0.3, -0.25) is 4.79 Å². The van der Waals surface area contributed by atoms with Gasteiger partial charge in [-0.15, -0.1) is 0 Å². The maximum absolute atomic E-state index is 11.8. The molecule has 1 aromatic rings. The normalized spacial score (nSPS) is 25.9. The van der Waals surface area contributed by atoms with Gasteiger partial charge in [0, 0.05) is 23.4 Å². The molecule has 1 aromatic carbocycles. The van der Waals surface area contributed by atoms with E-state index in [1.165, 1.54) is 0 Å². The minimum atomic E-state index is -0.0169. The third-order valence-electron chi connectivity index (χ3n) is 3.03. The second-order valence-corrected chi connectivity index (χ2v) is 4.13. The van der Waals surface area contributed by atoms with Gasteiger partial charge < -0.3 is 10.1 Å². The summed E-state index contributed by atoms with van der Waals surface area (Å²) in [4.78, 5) is 11.8. The zero-order valence-electron chi connectivity index (χ0n) is 8.90. The van der Waals surface area contributed by atoms with E-state index in [0.717, 1.165) is 36.3 Å². The van der Waals surface area contributed by atoms with Crippen LogP contribution in [0.25, 0.3) is 5.57 Å². The van der Waals surface area contributed by atoms with E-state index in [1.54, 1.807) is 0 Å². The van der Waals surface area contributed by atoms with Gasteiger partial charge in [-0.2, -0.15) is 0 Å². The Morgan fingerprint density at radius 2 is 2.25 bits per heavy atom. The highest BCUT2D eigenvalue weighted by Gasteiger charge is 2.25. The van der Waals surface area contributed by atoms with Crippen LogP contribution in [0.15, 0.2) is 30.3 Å². The number of carbonyl (C=O) groups excluding carboxylic acids is 1. The van der Waals surface area contributed by atoms with Crippen LogP contribution in [0.2, 0.25) is 0 Å². The molecule has 2 heterocycles. The molecule has 0 saturated carbocycles. The Kier molecular flexibility index (Phi) is 2.26. The number of hydrogen-bond acceptors (Lipinski definition) is 2. The Balaban J connectivity index is 1.98. The molecule has 0 spiro atoms. The van der Waals surface area contributed by atoms with Crippen LogP contribution in [0, 0.1) is 0 Å². The average Bonchev–Trinajstić information content (AvgIpc) is 2.89. The fraction of sp³-hybridized carbons (Fsp3) is 0.308. The van der Waals surface area contributed by atoms with Gasteiger partial charge in [0.25, 0.3) is 5.91 Å². The van der Waals surface area contributed by atoms with Gasteiger partial charge in [-0.05, 0) is 25.0 Å². The Morgan fingerprint density at radius 3 is 3.06 bits per heavy atom. The van der Waals surface area contributed by atoms with E-state index < -0.39 is 0 Å². The summed E-state index contributed by atoms with van der Waals surface area (Å²) in [5.41, 5.74) is 2.64. The second kappa shape index (κ2) is 3.76. The number of amides is 1. The molecule has 0 aliphatic carbocycles. The lowest BCUT2D eigenvalue weighted by Gasteiger charge is -2.04. The van der Waals surface area contributed by atoms with Crippen LogP contribution in [-0.2, 0) is 9.53 Å². The minimum Gasteiger partial charge on any atom is -0.374 e. The van der Waals surface area contributed by atoms with Crippen molar-refractivity contribution in [3.63, 3.8) is 0 Å². The van der Waals surface area contributed by atoms with E-state index in [0.29, 0.717) is 0 Å². The van der Waals surface area contributed by atoms with Gasteiger partial charge in [-0.25, -0.2) is 0 Å². The third-order valence-corrected chi connectivity index (χ3v) is 3.03. The van der Waals surface area contributed by atoms with Crippen LogP contribution < -0.4 is 5.32 Å². The summed E-state index contributed by atoms with van der Waals surface area (Å²) in [5.74, 6) is -0.0169. The summed E-state index contributed by atoms with van der Waals surface area (Å²) in [6.07, 6.45) is 4.15. The van der Waals surface area contributed by atoms with E-state index in [-0.39, 0.29) is 12.0 Å². The molecular formula is C13H13NO2. The van der Waals surface area contributed by atoms with Crippen molar-refractivity contribution >= 4 is 17.2 Å². The number of anilines is 1. The summed E-state index contributed by atoms with van der Waals surface area (Å²) in [6, 6.07) is 7.76. The van der Waals surface area contributed by atoms with Crippen molar-refractivity contribution in [2.24, 2.45) is 0 Å². The topological polar surface area (TPSA) is 38.3 Å². The van der Waals surface area contributed by atoms with Crippen LogP contribution in [0.5, 0.6) is 0 Å². The number of rotatable bonds is 1. The quantitative estimate of drug-likeness (QED) is 0.729. The van der Waals surface area contributed by atoms with Gasteiger partial charge in [0.1, 0.15) is 0 Å². The van der Waals surface area contributed by atoms with Crippen molar-refractivity contribution in [2.75, 3.05) is 11.9 Å². The second-order valence-electron chi connectivity index (χ2n) is 4.13. The fourth-order valence-electron chi connectivity index (χ4n) is 2.22. The Labute approximate surface area is 94.1 Å². The molecule has 3 rings (SSSR count). The molecule has 16 heavy (non-hydrogen) atoms. The predicted octanol–water partition coefficient (Wildman–Crippen LogP) is 2.20. The number of para-hydroxylation sites is 1. The molecule has 1 fully saturated rings. The lowest BCUT2D eigenvalue weighted by atomic mass is 10.0. The average molecular weight is 215 g/mol. The number of hydrogen-bond donors (Lipinski definition) is 1. The molecule has 0 aromatic heterocycles. The van der Waals surface area contributed by atoms with Crippen molar-refractivity contribution in [1.82, 2.24) is 0 Å². The molecule has 2 aliphatic rings. The first kappa shape index (κ1) is 9.60. The number of nitrogens with one attached hydrogen (secondary N) is 1. The zero-order chi connectivity index (χ0) is 11.0. The molecule has 0 radical (unpaired) electrons. The lowest BCUT2D eigenvalue weighted by Crippen LogP contribution is -2.07. The first-order valence-corrected chi connectivity index (χ1v) is 5.59. The SMILES string of the molecule is O=C1Nc2ccccc2C1=CC1CCCO1. The third kappa shape index (κ3) is 1.53. The molecule has 0 bridgehead atoms. The summed E-state index contributed by atoms with van der Waals surface area (Å²) in [5, 5.41) is 2.86. The van der Waals surface area contributed by atoms with Crippen molar-refractivity contribution in [1.29, 1.82) is 0 Å². The highest BCUT2D eigenvalue weighted by Crippen LogP contribution is 2.32. The largest absolute Gasteiger partial charge is 0.374 e. The Morgan fingerprint density at radius 1 is 1.38 bits per heavy atom. The van der Waals surface area contributed by atoms with Crippen LogP contribution in [0.4, 0.5) is 5.69 Å². The van der Waals surface area contributed by atoms with Crippen molar-refractivity contribution < 1.29 is 9.53 Å². The van der Waals surface area contributed by atoms with Crippen molar-refractivity contribution in [3.05, 3.63) is 35.9 Å². The van der Waals surface area contributed by atoms with Crippen LogP contribution in [0.1, 0.15) is 18.4 Å².